The van der Waals surface area contributed by atoms with E-state index < -0.39 is 12.0 Å². The van der Waals surface area contributed by atoms with E-state index >= 15 is 0 Å². The molecule has 3 rings (SSSR count). The number of fused-ring (bicyclic) bond motifs is 1. The minimum absolute atomic E-state index is 0.0876. The van der Waals surface area contributed by atoms with Crippen LogP contribution in [0.4, 0.5) is 0 Å². The van der Waals surface area contributed by atoms with Crippen molar-refractivity contribution in [2.24, 2.45) is 0 Å². The van der Waals surface area contributed by atoms with Gasteiger partial charge in [0.1, 0.15) is 12.7 Å². The van der Waals surface area contributed by atoms with Crippen molar-refractivity contribution in [2.75, 3.05) is 27.3 Å². The first kappa shape index (κ1) is 19.9. The van der Waals surface area contributed by atoms with Gasteiger partial charge in [-0.1, -0.05) is 12.1 Å². The van der Waals surface area contributed by atoms with Crippen molar-refractivity contribution in [2.45, 2.75) is 32.9 Å². The van der Waals surface area contributed by atoms with Gasteiger partial charge in [0.05, 0.1) is 24.4 Å². The van der Waals surface area contributed by atoms with E-state index in [1.807, 2.05) is 43.1 Å². The Kier molecular flexibility index (Phi) is 5.74. The molecule has 2 aromatic rings. The lowest BCUT2D eigenvalue weighted by atomic mass is 10.0. The summed E-state index contributed by atoms with van der Waals surface area (Å²) in [4.78, 5) is 30.0. The van der Waals surface area contributed by atoms with Crippen LogP contribution in [0.3, 0.4) is 0 Å². The highest BCUT2D eigenvalue weighted by atomic mass is 16.6. The first-order valence-corrected chi connectivity index (χ1v) is 9.23. The second kappa shape index (κ2) is 8.06. The van der Waals surface area contributed by atoms with E-state index in [0.717, 1.165) is 5.75 Å². The van der Waals surface area contributed by atoms with E-state index in [0.29, 0.717) is 41.4 Å². The van der Waals surface area contributed by atoms with Crippen LogP contribution in [-0.4, -0.2) is 61.1 Å². The van der Waals surface area contributed by atoms with Gasteiger partial charge in [0, 0.05) is 12.2 Å². The number of ether oxygens (including phenoxy) is 3. The van der Waals surface area contributed by atoms with Gasteiger partial charge >= 0.3 is 5.97 Å². The number of nitrogens with zero attached hydrogens (tertiary/aromatic N) is 1. The van der Waals surface area contributed by atoms with E-state index in [9.17, 15) is 9.59 Å². The van der Waals surface area contributed by atoms with E-state index in [-0.39, 0.29) is 11.9 Å². The number of ketones is 1. The number of esters is 1. The highest BCUT2D eigenvalue weighted by Gasteiger charge is 2.29. The largest absolute Gasteiger partial charge is 0.486 e. The molecule has 0 amide bonds. The first-order chi connectivity index (χ1) is 13.3. The second-order valence-corrected chi connectivity index (χ2v) is 7.09. The Morgan fingerprint density at radius 3 is 2.64 bits per heavy atom. The van der Waals surface area contributed by atoms with Crippen LogP contribution in [0.1, 0.15) is 39.0 Å². The Morgan fingerprint density at radius 1 is 1.29 bits per heavy atom. The number of benzene rings is 1. The Bertz CT molecular complexity index is 889. The molecule has 0 aliphatic carbocycles. The van der Waals surface area contributed by atoms with Gasteiger partial charge < -0.3 is 19.2 Å². The maximum absolute atomic E-state index is 13.0. The lowest BCUT2D eigenvalue weighted by Crippen LogP contribution is -2.45. The molecule has 7 nitrogen and oxygen atoms in total. The van der Waals surface area contributed by atoms with Crippen LogP contribution in [0.25, 0.3) is 0 Å². The Morgan fingerprint density at radius 2 is 1.96 bits per heavy atom. The molecule has 0 saturated heterocycles. The van der Waals surface area contributed by atoms with Crippen molar-refractivity contribution >= 4 is 11.8 Å². The molecule has 2 atom stereocenters. The molecule has 0 fully saturated rings. The first-order valence-electron chi connectivity index (χ1n) is 9.23. The highest BCUT2D eigenvalue weighted by Crippen LogP contribution is 2.31. The molecule has 0 saturated carbocycles. The van der Waals surface area contributed by atoms with Crippen LogP contribution in [0, 0.1) is 13.8 Å². The van der Waals surface area contributed by atoms with E-state index in [1.54, 1.807) is 13.8 Å². The maximum Gasteiger partial charge on any atom is 0.339 e. The van der Waals surface area contributed by atoms with Crippen molar-refractivity contribution in [3.63, 3.8) is 0 Å². The zero-order valence-corrected chi connectivity index (χ0v) is 16.9. The monoisotopic (exact) mass is 386 g/mol. The maximum atomic E-state index is 13.0. The van der Waals surface area contributed by atoms with Crippen LogP contribution in [0.5, 0.6) is 11.5 Å². The topological polar surface area (TPSA) is 80.9 Å². The number of rotatable bonds is 6. The number of hydrogen-bond acceptors (Lipinski definition) is 6. The molecule has 1 aromatic heterocycles. The van der Waals surface area contributed by atoms with E-state index in [4.69, 9.17) is 14.2 Å². The number of methoxy groups -OCH3 is 1. The molecule has 0 bridgehead atoms. The zero-order valence-electron chi connectivity index (χ0n) is 16.9. The predicted molar refractivity (Wildman–Crippen MR) is 104 cm³/mol. The third-order valence-corrected chi connectivity index (χ3v) is 5.17. The summed E-state index contributed by atoms with van der Waals surface area (Å²) in [6.45, 7) is 6.31. The number of likely N-dealkylation sites (N-methyl/N-ethyl adjacent to an activating group) is 1. The van der Waals surface area contributed by atoms with Crippen molar-refractivity contribution < 1.29 is 23.8 Å². The van der Waals surface area contributed by atoms with Crippen molar-refractivity contribution in [3.05, 3.63) is 46.8 Å². The number of hydrogen-bond donors (Lipinski definition) is 1. The molecule has 1 aliphatic heterocycles. The van der Waals surface area contributed by atoms with E-state index in [2.05, 4.69) is 4.98 Å². The second-order valence-electron chi connectivity index (χ2n) is 7.09. The summed E-state index contributed by atoms with van der Waals surface area (Å²) in [5.74, 6) is 0.913. The summed E-state index contributed by atoms with van der Waals surface area (Å²) in [7, 11) is 3.20. The van der Waals surface area contributed by atoms with Gasteiger partial charge in [-0.3, -0.25) is 9.69 Å². The standard InChI is InChI=1S/C21H26N2O5/c1-12-18(21(25)26-5)13(2)22-19(12)20(24)14(3)23(4)10-15-11-27-16-8-6-7-9-17(16)28-15/h6-9,14-15,22H,10-11H2,1-5H3/t14-,15+/m0/s1. The third kappa shape index (κ3) is 3.75. The van der Waals surface area contributed by atoms with E-state index in [1.165, 1.54) is 7.11 Å². The summed E-state index contributed by atoms with van der Waals surface area (Å²) in [6, 6.07) is 7.14. The average molecular weight is 386 g/mol. The van der Waals surface area contributed by atoms with Crippen LogP contribution in [0.2, 0.25) is 0 Å². The summed E-state index contributed by atoms with van der Waals surface area (Å²) in [5, 5.41) is 0. The summed E-state index contributed by atoms with van der Waals surface area (Å²) in [6.07, 6.45) is -0.174. The van der Waals surface area contributed by atoms with Crippen LogP contribution in [-0.2, 0) is 4.74 Å². The number of Topliss-reactive ketones (excluding diaryl/α,β-unsaturated/α-hetero) is 1. The number of aromatic amines is 1. The lowest BCUT2D eigenvalue weighted by molar-refractivity contribution is 0.0521. The molecule has 0 spiro atoms. The normalized spacial score (nSPS) is 16.7. The van der Waals surface area contributed by atoms with Crippen molar-refractivity contribution in [1.29, 1.82) is 0 Å². The molecule has 150 valence electrons. The molecule has 28 heavy (non-hydrogen) atoms. The van der Waals surface area contributed by atoms with Crippen LogP contribution in [0.15, 0.2) is 24.3 Å². The summed E-state index contributed by atoms with van der Waals surface area (Å²) in [5.41, 5.74) is 2.09. The average Bonchev–Trinajstić information content (AvgIpc) is 3.00. The molecule has 0 unspecified atom stereocenters. The third-order valence-electron chi connectivity index (χ3n) is 5.17. The number of carbonyl (C=O) groups is 2. The number of H-pyrrole nitrogens is 1. The SMILES string of the molecule is COC(=O)c1c(C)[nH]c(C(=O)[C@H](C)N(C)C[C@@H]2COc3ccccc3O2)c1C. The van der Waals surface area contributed by atoms with Crippen molar-refractivity contribution in [3.8, 4) is 11.5 Å². The number of carbonyl (C=O) groups excluding carboxylic acids is 2. The smallest absolute Gasteiger partial charge is 0.339 e. The highest BCUT2D eigenvalue weighted by molar-refractivity contribution is 6.03. The van der Waals surface area contributed by atoms with Gasteiger partial charge in [-0.2, -0.15) is 0 Å². The quantitative estimate of drug-likeness (QED) is 0.607. The Labute approximate surface area is 164 Å². The van der Waals surface area contributed by atoms with Gasteiger partial charge in [-0.15, -0.1) is 0 Å². The van der Waals surface area contributed by atoms with Gasteiger partial charge in [0.2, 0.25) is 0 Å². The molecule has 0 radical (unpaired) electrons. The summed E-state index contributed by atoms with van der Waals surface area (Å²) < 4.78 is 16.5. The molecule has 2 heterocycles. The minimum atomic E-state index is -0.447. The lowest BCUT2D eigenvalue weighted by Gasteiger charge is -2.31. The van der Waals surface area contributed by atoms with Crippen LogP contribution < -0.4 is 9.47 Å². The molecule has 1 aromatic carbocycles. The molecular formula is C21H26N2O5. The molecule has 1 N–H and O–H groups in total. The number of nitrogens with one attached hydrogen (secondary N) is 1. The number of aryl methyl sites for hydroxylation is 1. The fourth-order valence-corrected chi connectivity index (χ4v) is 3.45. The van der Waals surface area contributed by atoms with Gasteiger partial charge in [-0.05, 0) is 45.5 Å². The predicted octanol–water partition coefficient (Wildman–Crippen LogP) is 2.76. The fraction of sp³-hybridized carbons (Fsp3) is 0.429. The van der Waals surface area contributed by atoms with Gasteiger partial charge in [0.15, 0.2) is 17.3 Å². The van der Waals surface area contributed by atoms with Crippen LogP contribution >= 0.6 is 0 Å². The molecular weight excluding hydrogens is 360 g/mol. The minimum Gasteiger partial charge on any atom is -0.486 e. The summed E-state index contributed by atoms with van der Waals surface area (Å²) >= 11 is 0. The Balaban J connectivity index is 1.69. The number of para-hydroxylation sites is 2. The van der Waals surface area contributed by atoms with Crippen molar-refractivity contribution in [1.82, 2.24) is 9.88 Å². The zero-order chi connectivity index (χ0) is 20.4. The molecule has 1 aliphatic rings. The van der Waals surface area contributed by atoms with Gasteiger partial charge in [-0.25, -0.2) is 4.79 Å². The molecule has 7 heteroatoms. The Hall–Kier alpha value is -2.80. The fourth-order valence-electron chi connectivity index (χ4n) is 3.45. The number of aromatic nitrogens is 1. The van der Waals surface area contributed by atoms with Gasteiger partial charge in [0.25, 0.3) is 0 Å².